The van der Waals surface area contributed by atoms with E-state index in [0.717, 1.165) is 16.1 Å². The number of nitrogens with zero attached hydrogens (tertiary/aromatic N) is 1. The summed E-state index contributed by atoms with van der Waals surface area (Å²) < 4.78 is 5.10. The number of carbonyl (C=O) groups is 2. The van der Waals surface area contributed by atoms with Crippen LogP contribution in [0.15, 0.2) is 24.3 Å². The third-order valence-electron chi connectivity index (χ3n) is 3.04. The highest BCUT2D eigenvalue weighted by atomic mass is 32.1. The molecule has 0 atom stereocenters. The monoisotopic (exact) mass is 334 g/mol. The highest BCUT2D eigenvalue weighted by Crippen LogP contribution is 2.31. The number of benzene rings is 1. The van der Waals surface area contributed by atoms with E-state index in [1.54, 1.807) is 12.1 Å². The number of amides is 1. The molecule has 0 aliphatic rings. The van der Waals surface area contributed by atoms with E-state index in [2.05, 4.69) is 10.3 Å². The minimum Gasteiger partial charge on any atom is -0.482 e. The molecule has 2 aromatic rings. The van der Waals surface area contributed by atoms with Crippen LogP contribution in [0.4, 0.5) is 5.13 Å². The Bertz CT molecular complexity index is 707. The zero-order chi connectivity index (χ0) is 17.0. The Hall–Kier alpha value is -2.41. The first-order chi connectivity index (χ1) is 10.9. The van der Waals surface area contributed by atoms with Crippen molar-refractivity contribution in [2.45, 2.75) is 20.8 Å². The molecule has 7 heteroatoms. The van der Waals surface area contributed by atoms with E-state index in [4.69, 9.17) is 9.84 Å². The Kier molecular flexibility index (Phi) is 5.33. The molecule has 1 amide bonds. The van der Waals surface area contributed by atoms with Gasteiger partial charge in [0.05, 0.1) is 5.69 Å². The molecule has 0 spiro atoms. The molecule has 2 rings (SSSR count). The predicted octanol–water partition coefficient (Wildman–Crippen LogP) is 3.18. The Labute approximate surface area is 138 Å². The van der Waals surface area contributed by atoms with E-state index in [1.165, 1.54) is 11.3 Å². The molecule has 122 valence electrons. The molecule has 0 saturated heterocycles. The summed E-state index contributed by atoms with van der Waals surface area (Å²) in [5.41, 5.74) is 1.67. The lowest BCUT2D eigenvalue weighted by Crippen LogP contribution is -2.17. The smallest absolute Gasteiger partial charge is 0.341 e. The molecular formula is C16H18N2O4S. The summed E-state index contributed by atoms with van der Waals surface area (Å²) in [4.78, 5) is 27.7. The van der Waals surface area contributed by atoms with E-state index in [-0.39, 0.29) is 18.4 Å². The summed E-state index contributed by atoms with van der Waals surface area (Å²) in [6.07, 6.45) is 0. The molecule has 0 aliphatic carbocycles. The van der Waals surface area contributed by atoms with Crippen LogP contribution in [-0.2, 0) is 9.59 Å². The number of hydrogen-bond donors (Lipinski definition) is 2. The zero-order valence-electron chi connectivity index (χ0n) is 13.1. The molecule has 0 saturated carbocycles. The Morgan fingerprint density at radius 1 is 1.30 bits per heavy atom. The first-order valence-electron chi connectivity index (χ1n) is 7.10. The van der Waals surface area contributed by atoms with Gasteiger partial charge >= 0.3 is 5.97 Å². The van der Waals surface area contributed by atoms with Crippen molar-refractivity contribution in [2.75, 3.05) is 11.9 Å². The van der Waals surface area contributed by atoms with Crippen molar-refractivity contribution in [3.8, 4) is 17.0 Å². The van der Waals surface area contributed by atoms with Crippen molar-refractivity contribution in [3.05, 3.63) is 29.1 Å². The van der Waals surface area contributed by atoms with Gasteiger partial charge in [0.25, 0.3) is 0 Å². The van der Waals surface area contributed by atoms with Gasteiger partial charge in [0.2, 0.25) is 5.91 Å². The number of anilines is 1. The number of ether oxygens (including phenoxy) is 1. The lowest BCUT2D eigenvalue weighted by atomic mass is 10.1. The largest absolute Gasteiger partial charge is 0.482 e. The van der Waals surface area contributed by atoms with E-state index in [1.807, 2.05) is 32.9 Å². The lowest BCUT2D eigenvalue weighted by Gasteiger charge is -2.04. The van der Waals surface area contributed by atoms with E-state index < -0.39 is 5.97 Å². The number of nitrogens with one attached hydrogen (secondary N) is 1. The summed E-state index contributed by atoms with van der Waals surface area (Å²) >= 11 is 1.42. The molecule has 0 unspecified atom stereocenters. The number of carboxylic acid groups (broad SMARTS) is 1. The van der Waals surface area contributed by atoms with Gasteiger partial charge in [0, 0.05) is 16.4 Å². The van der Waals surface area contributed by atoms with Crippen LogP contribution < -0.4 is 10.1 Å². The number of hydrogen-bond acceptors (Lipinski definition) is 5. The fourth-order valence-corrected chi connectivity index (χ4v) is 2.66. The van der Waals surface area contributed by atoms with Crippen molar-refractivity contribution < 1.29 is 19.4 Å². The second-order valence-corrected chi connectivity index (χ2v) is 6.48. The average molecular weight is 334 g/mol. The highest BCUT2D eigenvalue weighted by Gasteiger charge is 2.14. The number of aliphatic carboxylic acids is 1. The van der Waals surface area contributed by atoms with Gasteiger partial charge in [-0.15, -0.1) is 11.3 Å². The molecule has 1 heterocycles. The van der Waals surface area contributed by atoms with Gasteiger partial charge in [0.1, 0.15) is 5.75 Å². The number of thiazole rings is 1. The van der Waals surface area contributed by atoms with Crippen molar-refractivity contribution in [2.24, 2.45) is 5.92 Å². The summed E-state index contributed by atoms with van der Waals surface area (Å²) in [7, 11) is 0. The summed E-state index contributed by atoms with van der Waals surface area (Å²) in [5.74, 6) is -0.705. The molecule has 2 N–H and O–H groups in total. The molecular weight excluding hydrogens is 316 g/mol. The average Bonchev–Trinajstić information content (AvgIpc) is 2.86. The van der Waals surface area contributed by atoms with Crippen molar-refractivity contribution in [1.29, 1.82) is 0 Å². The van der Waals surface area contributed by atoms with E-state index in [9.17, 15) is 9.59 Å². The van der Waals surface area contributed by atoms with Gasteiger partial charge < -0.3 is 15.2 Å². The molecule has 23 heavy (non-hydrogen) atoms. The number of rotatable bonds is 6. The number of carboxylic acids is 1. The van der Waals surface area contributed by atoms with E-state index in [0.29, 0.717) is 10.9 Å². The first-order valence-corrected chi connectivity index (χ1v) is 7.91. The van der Waals surface area contributed by atoms with Crippen LogP contribution in [0.2, 0.25) is 0 Å². The molecule has 0 aliphatic heterocycles. The Balaban J connectivity index is 2.14. The van der Waals surface area contributed by atoms with Crippen molar-refractivity contribution in [3.63, 3.8) is 0 Å². The standard InChI is InChI=1S/C16H18N2O4S/c1-9(2)15(21)18-16-17-14(10(3)23-16)11-4-6-12(7-5-11)22-8-13(19)20/h4-7,9H,8H2,1-3H3,(H,19,20)(H,17,18,21). The van der Waals surface area contributed by atoms with Gasteiger partial charge in [-0.1, -0.05) is 13.8 Å². The first kappa shape index (κ1) is 17.0. The molecule has 6 nitrogen and oxygen atoms in total. The molecule has 1 aromatic heterocycles. The van der Waals surface area contributed by atoms with Crippen LogP contribution >= 0.6 is 11.3 Å². The van der Waals surface area contributed by atoms with Crippen molar-refractivity contribution >= 4 is 28.3 Å². The quantitative estimate of drug-likeness (QED) is 0.847. The highest BCUT2D eigenvalue weighted by molar-refractivity contribution is 7.16. The fraction of sp³-hybridized carbons (Fsp3) is 0.312. The summed E-state index contributed by atoms with van der Waals surface area (Å²) in [5, 5.41) is 12.0. The van der Waals surface area contributed by atoms with Crippen LogP contribution in [0, 0.1) is 12.8 Å². The zero-order valence-corrected chi connectivity index (χ0v) is 13.9. The maximum atomic E-state index is 11.7. The molecule has 0 fully saturated rings. The van der Waals surface area contributed by atoms with Gasteiger partial charge in [-0.05, 0) is 31.2 Å². The number of aromatic nitrogens is 1. The maximum Gasteiger partial charge on any atom is 0.341 e. The summed E-state index contributed by atoms with van der Waals surface area (Å²) in [6, 6.07) is 7.02. The Morgan fingerprint density at radius 2 is 1.96 bits per heavy atom. The fourth-order valence-electron chi connectivity index (χ4n) is 1.82. The summed E-state index contributed by atoms with van der Waals surface area (Å²) in [6.45, 7) is 5.21. The van der Waals surface area contributed by atoms with Gasteiger partial charge in [-0.2, -0.15) is 0 Å². The number of aryl methyl sites for hydroxylation is 1. The normalized spacial score (nSPS) is 10.6. The molecule has 0 radical (unpaired) electrons. The molecule has 1 aromatic carbocycles. The predicted molar refractivity (Wildman–Crippen MR) is 88.9 cm³/mol. The SMILES string of the molecule is Cc1sc(NC(=O)C(C)C)nc1-c1ccc(OCC(=O)O)cc1. The third kappa shape index (κ3) is 4.53. The second-order valence-electron chi connectivity index (χ2n) is 5.27. The van der Waals surface area contributed by atoms with Crippen LogP contribution in [0.3, 0.4) is 0 Å². The topological polar surface area (TPSA) is 88.5 Å². The number of carbonyl (C=O) groups excluding carboxylic acids is 1. The molecule has 0 bridgehead atoms. The minimum absolute atomic E-state index is 0.0669. The third-order valence-corrected chi connectivity index (χ3v) is 3.93. The van der Waals surface area contributed by atoms with Crippen LogP contribution in [0.1, 0.15) is 18.7 Å². The lowest BCUT2D eigenvalue weighted by molar-refractivity contribution is -0.139. The van der Waals surface area contributed by atoms with Crippen LogP contribution in [-0.4, -0.2) is 28.6 Å². The Morgan fingerprint density at radius 3 is 2.52 bits per heavy atom. The van der Waals surface area contributed by atoms with Crippen LogP contribution in [0.25, 0.3) is 11.3 Å². The minimum atomic E-state index is -1.02. The van der Waals surface area contributed by atoms with Gasteiger partial charge in [-0.25, -0.2) is 9.78 Å². The second kappa shape index (κ2) is 7.23. The van der Waals surface area contributed by atoms with Gasteiger partial charge in [0.15, 0.2) is 11.7 Å². The maximum absolute atomic E-state index is 11.7. The van der Waals surface area contributed by atoms with Crippen LogP contribution in [0.5, 0.6) is 5.75 Å². The van der Waals surface area contributed by atoms with E-state index >= 15 is 0 Å². The van der Waals surface area contributed by atoms with Gasteiger partial charge in [-0.3, -0.25) is 4.79 Å². The van der Waals surface area contributed by atoms with Crippen molar-refractivity contribution in [1.82, 2.24) is 4.98 Å².